The molecule has 2 aromatic carbocycles. The van der Waals surface area contributed by atoms with E-state index in [0.29, 0.717) is 38.3 Å². The Hall–Kier alpha value is -3.58. The Balaban J connectivity index is 1.65. The van der Waals surface area contributed by atoms with Gasteiger partial charge in [0.1, 0.15) is 11.5 Å². The standard InChI is InChI=1S/C27H31NO6/c1-32-19-16-28(27(31)22-14-12-21(13-15-22)24-10-7-18-34-24)20-23-8-4-5-9-25(23)33-17-6-2-3-11-26(29)30/h4-5,7-10,12-15,18H,2-3,6,11,16-17,19-20H2,1H3,(H,29,30). The van der Waals surface area contributed by atoms with Crippen LogP contribution in [0.2, 0.25) is 0 Å². The second-order valence-electron chi connectivity index (χ2n) is 7.93. The van der Waals surface area contributed by atoms with Crippen LogP contribution in [0.4, 0.5) is 0 Å². The maximum Gasteiger partial charge on any atom is 0.303 e. The minimum Gasteiger partial charge on any atom is -0.493 e. The lowest BCUT2D eigenvalue weighted by molar-refractivity contribution is -0.137. The second kappa shape index (κ2) is 13.2. The average Bonchev–Trinajstić information content (AvgIpc) is 3.39. The molecule has 3 aromatic rings. The molecule has 0 spiro atoms. The van der Waals surface area contributed by atoms with Gasteiger partial charge < -0.3 is 23.9 Å². The Morgan fingerprint density at radius 1 is 0.941 bits per heavy atom. The highest BCUT2D eigenvalue weighted by molar-refractivity contribution is 5.94. The van der Waals surface area contributed by atoms with Crippen molar-refractivity contribution in [3.05, 3.63) is 78.1 Å². The number of para-hydroxylation sites is 1. The predicted octanol–water partition coefficient (Wildman–Crippen LogP) is 5.26. The van der Waals surface area contributed by atoms with Crippen LogP contribution in [-0.4, -0.2) is 48.8 Å². The molecule has 3 rings (SSSR count). The molecular formula is C27H31NO6. The van der Waals surface area contributed by atoms with Crippen LogP contribution in [0.5, 0.6) is 5.75 Å². The molecule has 0 radical (unpaired) electrons. The second-order valence-corrected chi connectivity index (χ2v) is 7.93. The summed E-state index contributed by atoms with van der Waals surface area (Å²) in [7, 11) is 1.61. The van der Waals surface area contributed by atoms with Gasteiger partial charge in [-0.3, -0.25) is 9.59 Å². The average molecular weight is 466 g/mol. The van der Waals surface area contributed by atoms with Crippen molar-refractivity contribution in [2.24, 2.45) is 0 Å². The van der Waals surface area contributed by atoms with Crippen molar-refractivity contribution in [2.75, 3.05) is 26.9 Å². The van der Waals surface area contributed by atoms with Crippen LogP contribution in [0, 0.1) is 0 Å². The molecule has 0 atom stereocenters. The number of unbranched alkanes of at least 4 members (excludes halogenated alkanes) is 2. The zero-order valence-corrected chi connectivity index (χ0v) is 19.4. The Morgan fingerprint density at radius 2 is 1.74 bits per heavy atom. The molecular weight excluding hydrogens is 434 g/mol. The summed E-state index contributed by atoms with van der Waals surface area (Å²) in [5.41, 5.74) is 2.40. The first-order chi connectivity index (χ1) is 16.6. The summed E-state index contributed by atoms with van der Waals surface area (Å²) in [6, 6.07) is 18.7. The van der Waals surface area contributed by atoms with E-state index in [2.05, 4.69) is 0 Å². The predicted molar refractivity (Wildman–Crippen MR) is 129 cm³/mol. The van der Waals surface area contributed by atoms with Gasteiger partial charge in [0.25, 0.3) is 5.91 Å². The highest BCUT2D eigenvalue weighted by Crippen LogP contribution is 2.23. The van der Waals surface area contributed by atoms with Crippen molar-refractivity contribution in [3.8, 4) is 17.1 Å². The number of benzene rings is 2. The Morgan fingerprint density at radius 3 is 2.44 bits per heavy atom. The van der Waals surface area contributed by atoms with Crippen molar-refractivity contribution >= 4 is 11.9 Å². The Bertz CT molecular complexity index is 1030. The number of aliphatic carboxylic acids is 1. The SMILES string of the molecule is COCCN(Cc1ccccc1OCCCCCC(=O)O)C(=O)c1ccc(-c2ccco2)cc1. The molecule has 0 saturated heterocycles. The summed E-state index contributed by atoms with van der Waals surface area (Å²) in [4.78, 5) is 25.7. The zero-order valence-electron chi connectivity index (χ0n) is 19.4. The highest BCUT2D eigenvalue weighted by atomic mass is 16.5. The number of carbonyl (C=O) groups excluding carboxylic acids is 1. The molecule has 1 heterocycles. The zero-order chi connectivity index (χ0) is 24.2. The molecule has 1 aromatic heterocycles. The van der Waals surface area contributed by atoms with Crippen molar-refractivity contribution in [2.45, 2.75) is 32.2 Å². The molecule has 7 heteroatoms. The van der Waals surface area contributed by atoms with E-state index >= 15 is 0 Å². The number of methoxy groups -OCH3 is 1. The molecule has 34 heavy (non-hydrogen) atoms. The molecule has 0 aliphatic heterocycles. The number of nitrogens with zero attached hydrogens (tertiary/aromatic N) is 1. The summed E-state index contributed by atoms with van der Waals surface area (Å²) >= 11 is 0. The summed E-state index contributed by atoms with van der Waals surface area (Å²) in [6.07, 6.45) is 4.00. The summed E-state index contributed by atoms with van der Waals surface area (Å²) in [5.74, 6) is 0.614. The largest absolute Gasteiger partial charge is 0.493 e. The fraction of sp³-hybridized carbons (Fsp3) is 0.333. The van der Waals surface area contributed by atoms with Gasteiger partial charge in [-0.05, 0) is 49.6 Å². The van der Waals surface area contributed by atoms with E-state index in [1.54, 1.807) is 30.4 Å². The van der Waals surface area contributed by atoms with Crippen LogP contribution >= 0.6 is 0 Å². The molecule has 1 N–H and O–H groups in total. The molecule has 7 nitrogen and oxygen atoms in total. The van der Waals surface area contributed by atoms with Crippen LogP contribution in [0.1, 0.15) is 41.6 Å². The number of ether oxygens (including phenoxy) is 2. The maximum atomic E-state index is 13.3. The number of carbonyl (C=O) groups is 2. The monoisotopic (exact) mass is 465 g/mol. The Kier molecular flexibility index (Phi) is 9.73. The van der Waals surface area contributed by atoms with E-state index in [1.165, 1.54) is 0 Å². The summed E-state index contributed by atoms with van der Waals surface area (Å²) in [5, 5.41) is 8.74. The molecule has 0 aliphatic rings. The van der Waals surface area contributed by atoms with Crippen molar-refractivity contribution in [3.63, 3.8) is 0 Å². The fourth-order valence-corrected chi connectivity index (χ4v) is 3.57. The number of amides is 1. The van der Waals surface area contributed by atoms with Gasteiger partial charge in [0.15, 0.2) is 0 Å². The topological polar surface area (TPSA) is 89.2 Å². The van der Waals surface area contributed by atoms with E-state index in [4.69, 9.17) is 19.0 Å². The third kappa shape index (κ3) is 7.49. The van der Waals surface area contributed by atoms with Crippen LogP contribution in [0.3, 0.4) is 0 Å². The lowest BCUT2D eigenvalue weighted by atomic mass is 10.1. The summed E-state index contributed by atoms with van der Waals surface area (Å²) < 4.78 is 16.6. The van der Waals surface area contributed by atoms with E-state index in [0.717, 1.165) is 35.5 Å². The number of hydrogen-bond acceptors (Lipinski definition) is 5. The number of rotatable bonds is 14. The summed E-state index contributed by atoms with van der Waals surface area (Å²) in [6.45, 7) is 1.75. The van der Waals surface area contributed by atoms with Crippen molar-refractivity contribution < 1.29 is 28.6 Å². The van der Waals surface area contributed by atoms with Crippen molar-refractivity contribution in [1.29, 1.82) is 0 Å². The smallest absolute Gasteiger partial charge is 0.303 e. The number of carboxylic acids is 1. The first-order valence-corrected chi connectivity index (χ1v) is 11.4. The van der Waals surface area contributed by atoms with E-state index in [9.17, 15) is 9.59 Å². The first-order valence-electron chi connectivity index (χ1n) is 11.4. The fourth-order valence-electron chi connectivity index (χ4n) is 3.57. The highest BCUT2D eigenvalue weighted by Gasteiger charge is 2.18. The lowest BCUT2D eigenvalue weighted by Crippen LogP contribution is -2.33. The maximum absolute atomic E-state index is 13.3. The van der Waals surface area contributed by atoms with Gasteiger partial charge in [-0.2, -0.15) is 0 Å². The van der Waals surface area contributed by atoms with Gasteiger partial charge in [-0.25, -0.2) is 0 Å². The molecule has 0 bridgehead atoms. The van der Waals surface area contributed by atoms with Crippen LogP contribution in [0.25, 0.3) is 11.3 Å². The van der Waals surface area contributed by atoms with Gasteiger partial charge in [0.2, 0.25) is 0 Å². The minimum absolute atomic E-state index is 0.0912. The van der Waals surface area contributed by atoms with Gasteiger partial charge in [-0.15, -0.1) is 0 Å². The van der Waals surface area contributed by atoms with Crippen LogP contribution < -0.4 is 4.74 Å². The van der Waals surface area contributed by atoms with Gasteiger partial charge in [-0.1, -0.05) is 30.3 Å². The number of hydrogen-bond donors (Lipinski definition) is 1. The van der Waals surface area contributed by atoms with Crippen LogP contribution in [-0.2, 0) is 16.1 Å². The Labute approximate surface area is 199 Å². The number of carboxylic acid groups (broad SMARTS) is 1. The van der Waals surface area contributed by atoms with E-state index in [-0.39, 0.29) is 12.3 Å². The normalized spacial score (nSPS) is 10.7. The van der Waals surface area contributed by atoms with E-state index in [1.807, 2.05) is 48.5 Å². The van der Waals surface area contributed by atoms with Gasteiger partial charge in [0, 0.05) is 43.3 Å². The first kappa shape index (κ1) is 25.1. The lowest BCUT2D eigenvalue weighted by Gasteiger charge is -2.24. The molecule has 0 aliphatic carbocycles. The third-order valence-electron chi connectivity index (χ3n) is 5.42. The number of furan rings is 1. The minimum atomic E-state index is -0.775. The molecule has 1 amide bonds. The molecule has 0 fully saturated rings. The molecule has 0 unspecified atom stereocenters. The molecule has 180 valence electrons. The van der Waals surface area contributed by atoms with Gasteiger partial charge in [0.05, 0.1) is 19.5 Å². The van der Waals surface area contributed by atoms with Crippen LogP contribution in [0.15, 0.2) is 71.3 Å². The quantitative estimate of drug-likeness (QED) is 0.327. The van der Waals surface area contributed by atoms with Gasteiger partial charge >= 0.3 is 5.97 Å². The third-order valence-corrected chi connectivity index (χ3v) is 5.42. The molecule has 0 saturated carbocycles. The van der Waals surface area contributed by atoms with Crippen molar-refractivity contribution in [1.82, 2.24) is 4.90 Å². The van der Waals surface area contributed by atoms with E-state index < -0.39 is 5.97 Å².